The highest BCUT2D eigenvalue weighted by Crippen LogP contribution is 2.29. The molecule has 2 aliphatic heterocycles. The molecule has 1 aromatic rings. The lowest BCUT2D eigenvalue weighted by Gasteiger charge is -2.41. The van der Waals surface area contributed by atoms with E-state index < -0.39 is 0 Å². The quantitative estimate of drug-likeness (QED) is 0.496. The lowest BCUT2D eigenvalue weighted by atomic mass is 9.93. The highest BCUT2D eigenvalue weighted by atomic mass is 35.5. The summed E-state index contributed by atoms with van der Waals surface area (Å²) in [5, 5.41) is 3.43. The summed E-state index contributed by atoms with van der Waals surface area (Å²) in [6.07, 6.45) is 4.38. The Morgan fingerprint density at radius 1 is 1.17 bits per heavy atom. The van der Waals surface area contributed by atoms with Gasteiger partial charge in [-0.25, -0.2) is 0 Å². The van der Waals surface area contributed by atoms with Gasteiger partial charge in [-0.05, 0) is 43.6 Å². The predicted molar refractivity (Wildman–Crippen MR) is 139 cm³/mol. The van der Waals surface area contributed by atoms with Crippen molar-refractivity contribution < 1.29 is 19.1 Å². The summed E-state index contributed by atoms with van der Waals surface area (Å²) in [6.45, 7) is 8.67. The van der Waals surface area contributed by atoms with Gasteiger partial charge in [-0.15, -0.1) is 0 Å². The van der Waals surface area contributed by atoms with Crippen LogP contribution in [0.1, 0.15) is 56.3 Å². The van der Waals surface area contributed by atoms with Crippen LogP contribution >= 0.6 is 11.6 Å². The van der Waals surface area contributed by atoms with E-state index in [2.05, 4.69) is 24.1 Å². The molecule has 2 heterocycles. The highest BCUT2D eigenvalue weighted by molar-refractivity contribution is 6.33. The van der Waals surface area contributed by atoms with Crippen LogP contribution in [0, 0.1) is 11.8 Å². The number of hydrogen-bond donors (Lipinski definition) is 2. The van der Waals surface area contributed by atoms with E-state index in [1.165, 1.54) is 7.11 Å². The van der Waals surface area contributed by atoms with Crippen molar-refractivity contribution in [3.05, 3.63) is 22.7 Å². The second kappa shape index (κ2) is 12.8. The topological polar surface area (TPSA) is 97.1 Å². The van der Waals surface area contributed by atoms with Gasteiger partial charge in [0.15, 0.2) is 0 Å². The molecule has 9 heteroatoms. The monoisotopic (exact) mass is 508 g/mol. The Balaban J connectivity index is 1.49. The number of benzene rings is 1. The molecule has 2 saturated heterocycles. The molecule has 0 saturated carbocycles. The zero-order chi connectivity index (χ0) is 25.5. The second-order valence-electron chi connectivity index (χ2n) is 10.2. The van der Waals surface area contributed by atoms with Crippen LogP contribution in [-0.2, 0) is 9.53 Å². The third kappa shape index (κ3) is 7.48. The lowest BCUT2D eigenvalue weighted by Crippen LogP contribution is -2.55. The fourth-order valence-corrected chi connectivity index (χ4v) is 5.18. The molecule has 0 aromatic heterocycles. The summed E-state index contributed by atoms with van der Waals surface area (Å²) in [5.41, 5.74) is 6.57. The Bertz CT molecular complexity index is 873. The van der Waals surface area contributed by atoms with Crippen LogP contribution in [-0.4, -0.2) is 80.7 Å². The molecule has 196 valence electrons. The number of carbonyl (C=O) groups is 2. The Labute approximate surface area is 214 Å². The van der Waals surface area contributed by atoms with Crippen molar-refractivity contribution in [3.8, 4) is 5.75 Å². The number of carbonyl (C=O) groups excluding carboxylic acids is 2. The molecule has 0 aliphatic carbocycles. The number of anilines is 1. The van der Waals surface area contributed by atoms with Gasteiger partial charge in [0.1, 0.15) is 5.75 Å². The molecule has 2 aliphatic rings. The molecule has 0 spiro atoms. The van der Waals surface area contributed by atoms with Crippen molar-refractivity contribution in [2.24, 2.45) is 11.8 Å². The molecule has 2 amide bonds. The van der Waals surface area contributed by atoms with Crippen LogP contribution in [0.4, 0.5) is 5.69 Å². The number of nitrogens with one attached hydrogen (secondary N) is 1. The van der Waals surface area contributed by atoms with Crippen LogP contribution in [0.5, 0.6) is 5.75 Å². The summed E-state index contributed by atoms with van der Waals surface area (Å²) in [6, 6.07) is 3.00. The maximum absolute atomic E-state index is 13.0. The van der Waals surface area contributed by atoms with Gasteiger partial charge in [-0.1, -0.05) is 25.4 Å². The number of ether oxygens (including phenoxy) is 2. The van der Waals surface area contributed by atoms with Gasteiger partial charge in [0, 0.05) is 52.3 Å². The van der Waals surface area contributed by atoms with E-state index in [0.29, 0.717) is 46.2 Å². The standard InChI is InChI=1S/C26H41ClN4O4/c1-17(2)5-6-25(32)31-11-7-18(8-12-31)15-30-10-9-22(24(16-30)35-4)29-26(33)19-13-20(27)21(28)14-23(19)34-3/h13-14,17-18,22,24H,5-12,15-16,28H2,1-4H3,(H,29,33). The van der Waals surface area contributed by atoms with Crippen LogP contribution in [0.3, 0.4) is 0 Å². The van der Waals surface area contributed by atoms with Crippen molar-refractivity contribution in [2.75, 3.05) is 52.7 Å². The van der Waals surface area contributed by atoms with Crippen molar-refractivity contribution in [3.63, 3.8) is 0 Å². The zero-order valence-corrected chi connectivity index (χ0v) is 22.3. The molecule has 2 unspecified atom stereocenters. The van der Waals surface area contributed by atoms with Crippen molar-refractivity contribution in [1.82, 2.24) is 15.1 Å². The Morgan fingerprint density at radius 2 is 1.89 bits per heavy atom. The van der Waals surface area contributed by atoms with Crippen LogP contribution in [0.2, 0.25) is 5.02 Å². The summed E-state index contributed by atoms with van der Waals surface area (Å²) in [7, 11) is 3.19. The minimum absolute atomic E-state index is 0.106. The number of methoxy groups -OCH3 is 2. The van der Waals surface area contributed by atoms with E-state index in [9.17, 15) is 9.59 Å². The predicted octanol–water partition coefficient (Wildman–Crippen LogP) is 3.42. The van der Waals surface area contributed by atoms with Gasteiger partial charge >= 0.3 is 0 Å². The minimum Gasteiger partial charge on any atom is -0.496 e. The first kappa shape index (κ1) is 27.6. The molecule has 3 rings (SSSR count). The maximum atomic E-state index is 13.0. The number of halogens is 1. The fraction of sp³-hybridized carbons (Fsp3) is 0.692. The Kier molecular flexibility index (Phi) is 10.1. The first-order valence-corrected chi connectivity index (χ1v) is 13.1. The van der Waals surface area contributed by atoms with Crippen molar-refractivity contribution in [2.45, 2.75) is 58.1 Å². The number of hydrogen-bond acceptors (Lipinski definition) is 6. The third-order valence-corrected chi connectivity index (χ3v) is 7.57. The zero-order valence-electron chi connectivity index (χ0n) is 21.5. The van der Waals surface area contributed by atoms with E-state index in [-0.39, 0.29) is 18.1 Å². The van der Waals surface area contributed by atoms with Gasteiger partial charge in [0.2, 0.25) is 5.91 Å². The van der Waals surface area contributed by atoms with E-state index >= 15 is 0 Å². The Hall–Kier alpha value is -2.03. The normalized spacial score (nSPS) is 21.8. The summed E-state index contributed by atoms with van der Waals surface area (Å²) in [4.78, 5) is 29.9. The lowest BCUT2D eigenvalue weighted by molar-refractivity contribution is -0.133. The van der Waals surface area contributed by atoms with Gasteiger partial charge in [-0.3, -0.25) is 9.59 Å². The molecule has 35 heavy (non-hydrogen) atoms. The minimum atomic E-state index is -0.251. The summed E-state index contributed by atoms with van der Waals surface area (Å²) in [5.74, 6) is 1.58. The summed E-state index contributed by atoms with van der Waals surface area (Å²) < 4.78 is 11.1. The first-order chi connectivity index (χ1) is 16.7. The largest absolute Gasteiger partial charge is 0.496 e. The van der Waals surface area contributed by atoms with E-state index in [0.717, 1.165) is 58.4 Å². The average Bonchev–Trinajstić information content (AvgIpc) is 2.85. The molecule has 1 aromatic carbocycles. The molecular formula is C26H41ClN4O4. The van der Waals surface area contributed by atoms with Gasteiger partial charge < -0.3 is 30.3 Å². The molecular weight excluding hydrogens is 468 g/mol. The second-order valence-corrected chi connectivity index (χ2v) is 10.6. The molecule has 0 radical (unpaired) electrons. The van der Waals surface area contributed by atoms with E-state index in [1.54, 1.807) is 19.2 Å². The number of nitrogen functional groups attached to an aromatic ring is 1. The smallest absolute Gasteiger partial charge is 0.255 e. The van der Waals surface area contributed by atoms with Gasteiger partial charge in [0.05, 0.1) is 35.5 Å². The molecule has 2 atom stereocenters. The summed E-state index contributed by atoms with van der Waals surface area (Å²) >= 11 is 6.14. The number of likely N-dealkylation sites (tertiary alicyclic amines) is 2. The van der Waals surface area contributed by atoms with E-state index in [4.69, 9.17) is 26.8 Å². The van der Waals surface area contributed by atoms with Crippen LogP contribution < -0.4 is 15.8 Å². The molecule has 2 fully saturated rings. The fourth-order valence-electron chi connectivity index (χ4n) is 5.01. The van der Waals surface area contributed by atoms with Gasteiger partial charge in [-0.2, -0.15) is 0 Å². The Morgan fingerprint density at radius 3 is 2.51 bits per heavy atom. The molecule has 8 nitrogen and oxygen atoms in total. The third-order valence-electron chi connectivity index (χ3n) is 7.25. The van der Waals surface area contributed by atoms with E-state index in [1.807, 2.05) is 4.90 Å². The maximum Gasteiger partial charge on any atom is 0.255 e. The number of rotatable bonds is 9. The van der Waals surface area contributed by atoms with Gasteiger partial charge in [0.25, 0.3) is 5.91 Å². The number of nitrogens with two attached hydrogens (primary N) is 1. The van der Waals surface area contributed by atoms with Crippen LogP contribution in [0.15, 0.2) is 12.1 Å². The number of nitrogens with zero attached hydrogens (tertiary/aromatic N) is 2. The SMILES string of the molecule is COc1cc(N)c(Cl)cc1C(=O)NC1CCN(CC2CCN(C(=O)CCC(C)C)CC2)CC1OC. The molecule has 0 bridgehead atoms. The average molecular weight is 509 g/mol. The van der Waals surface area contributed by atoms with Crippen molar-refractivity contribution >= 4 is 29.1 Å². The molecule has 3 N–H and O–H groups in total. The van der Waals surface area contributed by atoms with Crippen LogP contribution in [0.25, 0.3) is 0 Å². The first-order valence-electron chi connectivity index (χ1n) is 12.7. The highest BCUT2D eigenvalue weighted by Gasteiger charge is 2.33. The van der Waals surface area contributed by atoms with Crippen molar-refractivity contribution in [1.29, 1.82) is 0 Å². The number of amides is 2. The number of piperidine rings is 2.